The first kappa shape index (κ1) is 59.0. The van der Waals surface area contributed by atoms with Crippen molar-refractivity contribution in [3.63, 3.8) is 0 Å². The van der Waals surface area contributed by atoms with Gasteiger partial charge in [0.15, 0.2) is 0 Å². The Balaban J connectivity index is -0.0000000635. The molecule has 0 rings (SSSR count). The van der Waals surface area contributed by atoms with Crippen LogP contribution >= 0.6 is 0 Å². The van der Waals surface area contributed by atoms with Crippen LogP contribution in [0.3, 0.4) is 0 Å². The number of hydrogen-bond donors (Lipinski definition) is 16. The van der Waals surface area contributed by atoms with Gasteiger partial charge in [0.1, 0.15) is 0 Å². The van der Waals surface area contributed by atoms with E-state index in [0.29, 0.717) is 0 Å². The van der Waals surface area contributed by atoms with Crippen molar-refractivity contribution in [2.24, 2.45) is 0 Å². The lowest BCUT2D eigenvalue weighted by molar-refractivity contribution is -0.159. The molecule has 0 aliphatic carbocycles. The van der Waals surface area contributed by atoms with E-state index in [-0.39, 0.29) is 0 Å². The molecule has 0 aromatic rings. The average molecular weight is 720 g/mol. The normalized spacial score (nSPS) is 7.33. The van der Waals surface area contributed by atoms with Crippen LogP contribution < -0.4 is 0 Å². The summed E-state index contributed by atoms with van der Waals surface area (Å²) in [7, 11) is 0. The van der Waals surface area contributed by atoms with Gasteiger partial charge in [-0.3, -0.25) is 0 Å². The zero-order valence-electron chi connectivity index (χ0n) is 21.7. The molecule has 32 heteroatoms. The number of aliphatic carboxylic acids is 16. The largest absolute Gasteiger partial charge is 0.473 e. The molecule has 16 N–H and O–H groups in total. The minimum atomic E-state index is -1.82. The summed E-state index contributed by atoms with van der Waals surface area (Å²) in [5.74, 6) is -29.2. The van der Waals surface area contributed by atoms with E-state index >= 15 is 0 Å². The van der Waals surface area contributed by atoms with Crippen LogP contribution in [0.2, 0.25) is 0 Å². The van der Waals surface area contributed by atoms with E-state index in [1.165, 1.54) is 0 Å². The Morgan fingerprint density at radius 3 is 0.146 bits per heavy atom. The van der Waals surface area contributed by atoms with Gasteiger partial charge in [-0.1, -0.05) is 0 Å². The number of carbonyl (C=O) groups is 16. The monoisotopic (exact) mass is 720 g/mol. The van der Waals surface area contributed by atoms with Gasteiger partial charge in [0.2, 0.25) is 0 Å². The van der Waals surface area contributed by atoms with Crippen LogP contribution in [0.5, 0.6) is 0 Å². The van der Waals surface area contributed by atoms with E-state index < -0.39 is 95.5 Å². The highest BCUT2D eigenvalue weighted by Gasteiger charge is 2.07. The average Bonchev–Trinajstić information content (AvgIpc) is 2.90. The summed E-state index contributed by atoms with van der Waals surface area (Å²) in [5.41, 5.74) is 0. The second-order valence-electron chi connectivity index (χ2n) is 4.88. The molecule has 48 heavy (non-hydrogen) atoms. The molecule has 0 aliphatic rings. The predicted molar refractivity (Wildman–Crippen MR) is 122 cm³/mol. The molecule has 0 heterocycles. The maximum Gasteiger partial charge on any atom is 0.414 e. The van der Waals surface area contributed by atoms with Crippen LogP contribution in [0.25, 0.3) is 0 Å². The van der Waals surface area contributed by atoms with Crippen molar-refractivity contribution in [2.45, 2.75) is 0 Å². The lowest BCUT2D eigenvalue weighted by Crippen LogP contribution is -2.09. The quantitative estimate of drug-likeness (QED) is 0.103. The Bertz CT molecular complexity index is 860. The van der Waals surface area contributed by atoms with Crippen LogP contribution in [0.4, 0.5) is 0 Å². The zero-order valence-corrected chi connectivity index (χ0v) is 21.7. The summed E-state index contributed by atoms with van der Waals surface area (Å²) >= 11 is 0. The highest BCUT2D eigenvalue weighted by molar-refractivity contribution is 6.29. The first-order valence-corrected chi connectivity index (χ1v) is 8.84. The Hall–Kier alpha value is -8.48. The molecule has 0 saturated heterocycles. The second kappa shape index (κ2) is 34.7. The Morgan fingerprint density at radius 1 is 0.125 bits per heavy atom. The third kappa shape index (κ3) is 90.5. The molecule has 0 amide bonds. The third-order valence-electron chi connectivity index (χ3n) is 1.46. The van der Waals surface area contributed by atoms with Gasteiger partial charge < -0.3 is 81.7 Å². The van der Waals surface area contributed by atoms with E-state index in [4.69, 9.17) is 158 Å². The summed E-state index contributed by atoms with van der Waals surface area (Å²) in [4.78, 5) is 146. The van der Waals surface area contributed by atoms with Gasteiger partial charge in [-0.25, -0.2) is 76.7 Å². The summed E-state index contributed by atoms with van der Waals surface area (Å²) in [6.07, 6.45) is 0. The smallest absolute Gasteiger partial charge is 0.414 e. The third-order valence-corrected chi connectivity index (χ3v) is 1.46. The van der Waals surface area contributed by atoms with Gasteiger partial charge in [-0.15, -0.1) is 0 Å². The van der Waals surface area contributed by atoms with E-state index in [0.717, 1.165) is 0 Å². The SMILES string of the molecule is O=C(O)C(=O)O.O=C(O)C(=O)O.O=C(O)C(=O)O.O=C(O)C(=O)O.O=C(O)C(=O)O.O=C(O)C(=O)O.O=C(O)C(=O)O.O=C(O)C(=O)O. The predicted octanol–water partition coefficient (Wildman–Crippen LogP) is -6.76. The summed E-state index contributed by atoms with van der Waals surface area (Å²) in [5, 5.41) is 118. The zero-order chi connectivity index (χ0) is 41.2. The van der Waals surface area contributed by atoms with Gasteiger partial charge in [0.25, 0.3) is 0 Å². The molecule has 0 radical (unpaired) electrons. The van der Waals surface area contributed by atoms with Crippen LogP contribution in [0.1, 0.15) is 0 Å². The molecular formula is C16H16O32. The molecule has 0 aliphatic heterocycles. The molecule has 0 aromatic carbocycles. The minimum absolute atomic E-state index is 1.82. The van der Waals surface area contributed by atoms with Gasteiger partial charge in [0, 0.05) is 0 Å². The fourth-order valence-electron chi connectivity index (χ4n) is 0. The number of hydrogen-bond acceptors (Lipinski definition) is 16. The van der Waals surface area contributed by atoms with Crippen molar-refractivity contribution in [1.29, 1.82) is 0 Å². The molecule has 0 unspecified atom stereocenters. The topological polar surface area (TPSA) is 597 Å². The van der Waals surface area contributed by atoms with Crippen LogP contribution in [0.15, 0.2) is 0 Å². The van der Waals surface area contributed by atoms with Crippen molar-refractivity contribution < 1.29 is 158 Å². The number of carboxylic acids is 16. The molecule has 0 atom stereocenters. The molecule has 272 valence electrons. The van der Waals surface area contributed by atoms with Crippen molar-refractivity contribution in [3.05, 3.63) is 0 Å². The lowest BCUT2D eigenvalue weighted by Gasteiger charge is -1.72. The number of rotatable bonds is 0. The summed E-state index contributed by atoms with van der Waals surface area (Å²) < 4.78 is 0. The fourth-order valence-corrected chi connectivity index (χ4v) is 0. The Kier molecular flexibility index (Phi) is 42.7. The minimum Gasteiger partial charge on any atom is -0.473 e. The summed E-state index contributed by atoms with van der Waals surface area (Å²) in [6, 6.07) is 0. The summed E-state index contributed by atoms with van der Waals surface area (Å²) in [6.45, 7) is 0. The van der Waals surface area contributed by atoms with Crippen LogP contribution in [-0.4, -0.2) is 177 Å². The van der Waals surface area contributed by atoms with Gasteiger partial charge in [-0.05, 0) is 0 Å². The van der Waals surface area contributed by atoms with Gasteiger partial charge in [0.05, 0.1) is 0 Å². The van der Waals surface area contributed by atoms with E-state index in [9.17, 15) is 0 Å². The lowest BCUT2D eigenvalue weighted by atomic mass is 10.7. The van der Waals surface area contributed by atoms with Gasteiger partial charge >= 0.3 is 95.5 Å². The van der Waals surface area contributed by atoms with Crippen LogP contribution in [0, 0.1) is 0 Å². The second-order valence-corrected chi connectivity index (χ2v) is 4.88. The van der Waals surface area contributed by atoms with Crippen molar-refractivity contribution in [1.82, 2.24) is 0 Å². The maximum atomic E-state index is 9.10. The highest BCUT2D eigenvalue weighted by atomic mass is 16.5. The van der Waals surface area contributed by atoms with Crippen molar-refractivity contribution >= 4 is 95.5 Å². The molecular weight excluding hydrogens is 704 g/mol. The number of carboxylic acid groups (broad SMARTS) is 16. The first-order valence-electron chi connectivity index (χ1n) is 8.84. The fraction of sp³-hybridized carbons (Fsp3) is 0. The Morgan fingerprint density at radius 2 is 0.146 bits per heavy atom. The van der Waals surface area contributed by atoms with E-state index in [1.807, 2.05) is 0 Å². The standard InChI is InChI=1S/8C2H2O4/c8*3-1(4)2(5)6/h8*(H,3,4)(H,5,6). The van der Waals surface area contributed by atoms with Crippen LogP contribution in [-0.2, 0) is 76.7 Å². The Labute approximate surface area is 255 Å². The van der Waals surface area contributed by atoms with E-state index in [1.54, 1.807) is 0 Å². The van der Waals surface area contributed by atoms with Crippen molar-refractivity contribution in [2.75, 3.05) is 0 Å². The van der Waals surface area contributed by atoms with Gasteiger partial charge in [-0.2, -0.15) is 0 Å². The molecule has 32 nitrogen and oxygen atoms in total. The molecule has 0 saturated carbocycles. The highest BCUT2D eigenvalue weighted by Crippen LogP contribution is 1.60. The first-order chi connectivity index (χ1) is 21.1. The molecule has 0 fully saturated rings. The molecule has 0 spiro atoms. The maximum absolute atomic E-state index is 9.10. The van der Waals surface area contributed by atoms with E-state index in [2.05, 4.69) is 0 Å². The molecule has 0 bridgehead atoms. The molecule has 0 aromatic heterocycles. The van der Waals surface area contributed by atoms with Crippen molar-refractivity contribution in [3.8, 4) is 0 Å².